The number of hydrogen-bond acceptors (Lipinski definition) is 6. The highest BCUT2D eigenvalue weighted by atomic mass is 33.1. The molecule has 0 aliphatic carbocycles. The van der Waals surface area contributed by atoms with E-state index in [1.54, 1.807) is 34.0 Å². The van der Waals surface area contributed by atoms with Crippen LogP contribution in [0.5, 0.6) is 0 Å². The number of aromatic nitrogens is 2. The lowest BCUT2D eigenvalue weighted by molar-refractivity contribution is 0.288. The molecule has 0 spiro atoms. The van der Waals surface area contributed by atoms with Crippen molar-refractivity contribution in [2.75, 3.05) is 13.2 Å². The Morgan fingerprint density at radius 3 is 1.64 bits per heavy atom. The van der Waals surface area contributed by atoms with E-state index in [0.29, 0.717) is 0 Å². The summed E-state index contributed by atoms with van der Waals surface area (Å²) in [5, 5.41) is 19.9. The molecule has 22 heavy (non-hydrogen) atoms. The topological polar surface area (TPSA) is 66.2 Å². The van der Waals surface area contributed by atoms with Gasteiger partial charge in [0.2, 0.25) is 0 Å². The molecule has 0 amide bonds. The van der Waals surface area contributed by atoms with Crippen molar-refractivity contribution in [3.8, 4) is 0 Å². The minimum absolute atomic E-state index is 0.192. The summed E-state index contributed by atoms with van der Waals surface area (Å²) in [6, 6.07) is 7.96. The highest BCUT2D eigenvalue weighted by Gasteiger charge is 2.09. The highest BCUT2D eigenvalue weighted by molar-refractivity contribution is 8.76. The number of rotatable bonds is 9. The third-order valence-corrected chi connectivity index (χ3v) is 5.44. The Morgan fingerprint density at radius 2 is 1.23 bits per heavy atom. The first-order chi connectivity index (χ1) is 10.8. The molecule has 0 aromatic carbocycles. The van der Waals surface area contributed by atoms with Gasteiger partial charge in [0.05, 0.1) is 0 Å². The van der Waals surface area contributed by atoms with E-state index in [0.717, 1.165) is 46.9 Å². The van der Waals surface area contributed by atoms with Crippen molar-refractivity contribution < 1.29 is 10.2 Å². The zero-order chi connectivity index (χ0) is 15.6. The average molecular weight is 336 g/mol. The quantitative estimate of drug-likeness (QED) is 0.686. The summed E-state index contributed by atoms with van der Waals surface area (Å²) < 4.78 is 0. The third-order valence-electron chi connectivity index (χ3n) is 3.11. The van der Waals surface area contributed by atoms with Gasteiger partial charge in [0.1, 0.15) is 10.1 Å². The smallest absolute Gasteiger partial charge is 0.110 e. The van der Waals surface area contributed by atoms with Crippen LogP contribution in [-0.4, -0.2) is 33.4 Å². The predicted molar refractivity (Wildman–Crippen MR) is 91.0 cm³/mol. The molecule has 2 N–H and O–H groups in total. The first-order valence-corrected chi connectivity index (χ1v) is 9.44. The summed E-state index contributed by atoms with van der Waals surface area (Å²) in [6.07, 6.45) is 6.72. The fraction of sp³-hybridized carbons (Fsp3) is 0.375. The molecule has 2 heterocycles. The average Bonchev–Trinajstić information content (AvgIpc) is 2.57. The zero-order valence-electron chi connectivity index (χ0n) is 12.3. The van der Waals surface area contributed by atoms with Crippen LogP contribution < -0.4 is 0 Å². The van der Waals surface area contributed by atoms with Crippen molar-refractivity contribution in [1.82, 2.24) is 9.97 Å². The highest BCUT2D eigenvalue weighted by Crippen LogP contribution is 2.38. The molecule has 2 aromatic rings. The van der Waals surface area contributed by atoms with Crippen LogP contribution in [0.25, 0.3) is 0 Å². The molecule has 118 valence electrons. The molecular weight excluding hydrogens is 316 g/mol. The maximum absolute atomic E-state index is 8.98. The monoisotopic (exact) mass is 336 g/mol. The lowest BCUT2D eigenvalue weighted by Crippen LogP contribution is -1.95. The van der Waals surface area contributed by atoms with Gasteiger partial charge in [-0.15, -0.1) is 0 Å². The van der Waals surface area contributed by atoms with Gasteiger partial charge in [-0.3, -0.25) is 0 Å². The predicted octanol–water partition coefficient (Wildman–Crippen LogP) is 3.13. The minimum atomic E-state index is 0.192. The van der Waals surface area contributed by atoms with Crippen LogP contribution in [0.2, 0.25) is 0 Å². The van der Waals surface area contributed by atoms with Crippen molar-refractivity contribution in [3.63, 3.8) is 0 Å². The van der Waals surface area contributed by atoms with Crippen LogP contribution in [-0.2, 0) is 12.8 Å². The van der Waals surface area contributed by atoms with E-state index in [4.69, 9.17) is 10.2 Å². The van der Waals surface area contributed by atoms with Gasteiger partial charge in [-0.1, -0.05) is 12.1 Å². The van der Waals surface area contributed by atoms with Gasteiger partial charge in [0, 0.05) is 25.6 Å². The molecule has 0 unspecified atom stereocenters. The number of aliphatic hydroxyl groups is 2. The Hall–Kier alpha value is -1.08. The lowest BCUT2D eigenvalue weighted by atomic mass is 10.2. The second-order valence-electron chi connectivity index (χ2n) is 4.76. The number of nitrogens with zero attached hydrogens (tertiary/aromatic N) is 2. The van der Waals surface area contributed by atoms with Crippen LogP contribution in [0.4, 0.5) is 0 Å². The molecule has 0 aliphatic heterocycles. The van der Waals surface area contributed by atoms with Gasteiger partial charge in [-0.2, -0.15) is 0 Å². The van der Waals surface area contributed by atoms with E-state index < -0.39 is 0 Å². The van der Waals surface area contributed by atoms with Crippen molar-refractivity contribution in [2.24, 2.45) is 0 Å². The van der Waals surface area contributed by atoms with Gasteiger partial charge in [0.15, 0.2) is 0 Å². The summed E-state index contributed by atoms with van der Waals surface area (Å²) in [6.45, 7) is 0.384. The van der Waals surface area contributed by atoms with E-state index in [-0.39, 0.29) is 13.2 Å². The Labute approximate surface area is 138 Å². The van der Waals surface area contributed by atoms with Crippen molar-refractivity contribution in [3.05, 3.63) is 47.8 Å². The normalized spacial score (nSPS) is 10.8. The van der Waals surface area contributed by atoms with E-state index in [2.05, 4.69) is 22.1 Å². The molecule has 0 bridgehead atoms. The molecule has 2 rings (SSSR count). The maximum Gasteiger partial charge on any atom is 0.110 e. The molecule has 0 fully saturated rings. The Bertz CT molecular complexity index is 530. The molecule has 0 aliphatic rings. The molecule has 0 atom stereocenters. The number of aliphatic hydroxyl groups excluding tert-OH is 2. The first-order valence-electron chi connectivity index (χ1n) is 7.29. The van der Waals surface area contributed by atoms with E-state index >= 15 is 0 Å². The van der Waals surface area contributed by atoms with Gasteiger partial charge in [0.25, 0.3) is 0 Å². The van der Waals surface area contributed by atoms with Crippen molar-refractivity contribution >= 4 is 21.6 Å². The summed E-state index contributed by atoms with van der Waals surface area (Å²) in [5.41, 5.74) is 2.31. The Balaban J connectivity index is 2.04. The fourth-order valence-corrected chi connectivity index (χ4v) is 4.29. The van der Waals surface area contributed by atoms with E-state index in [9.17, 15) is 0 Å². The van der Waals surface area contributed by atoms with Crippen LogP contribution in [0.1, 0.15) is 24.0 Å². The van der Waals surface area contributed by atoms with E-state index in [1.165, 1.54) is 0 Å². The second-order valence-corrected chi connectivity index (χ2v) is 6.86. The van der Waals surface area contributed by atoms with Gasteiger partial charge < -0.3 is 10.2 Å². The summed E-state index contributed by atoms with van der Waals surface area (Å²) in [7, 11) is 3.19. The first kappa shape index (κ1) is 17.3. The molecule has 0 saturated carbocycles. The molecule has 0 saturated heterocycles. The van der Waals surface area contributed by atoms with Crippen LogP contribution in [0, 0.1) is 0 Å². The van der Waals surface area contributed by atoms with Crippen molar-refractivity contribution in [1.29, 1.82) is 0 Å². The largest absolute Gasteiger partial charge is 0.396 e. The van der Waals surface area contributed by atoms with E-state index in [1.807, 2.05) is 12.1 Å². The van der Waals surface area contributed by atoms with Gasteiger partial charge in [-0.05, 0) is 70.5 Å². The van der Waals surface area contributed by atoms with Gasteiger partial charge >= 0.3 is 0 Å². The number of pyridine rings is 2. The van der Waals surface area contributed by atoms with Crippen LogP contribution in [0.15, 0.2) is 46.7 Å². The number of hydrogen-bond donors (Lipinski definition) is 2. The Kier molecular flexibility index (Phi) is 7.73. The SMILES string of the molecule is OCCCc1cccnc1SSc1ncccc1CCCO. The standard InChI is InChI=1S/C16H20N2O2S2/c19-11-3-7-13-5-1-9-17-15(13)21-22-16-14(8-4-12-20)6-2-10-18-16/h1-2,5-6,9-10,19-20H,3-4,7-8,11-12H2. The molecule has 6 heteroatoms. The van der Waals surface area contributed by atoms with Crippen LogP contribution in [0.3, 0.4) is 0 Å². The molecule has 2 aromatic heterocycles. The van der Waals surface area contributed by atoms with Crippen LogP contribution >= 0.6 is 21.6 Å². The third kappa shape index (κ3) is 5.28. The minimum Gasteiger partial charge on any atom is -0.396 e. The fourth-order valence-electron chi connectivity index (χ4n) is 2.00. The lowest BCUT2D eigenvalue weighted by Gasteiger charge is -2.09. The zero-order valence-corrected chi connectivity index (χ0v) is 13.9. The van der Waals surface area contributed by atoms with Crippen molar-refractivity contribution in [2.45, 2.75) is 35.7 Å². The Morgan fingerprint density at radius 1 is 0.773 bits per heavy atom. The molecule has 4 nitrogen and oxygen atoms in total. The summed E-state index contributed by atoms with van der Waals surface area (Å²) in [5.74, 6) is 0. The summed E-state index contributed by atoms with van der Waals surface area (Å²) in [4.78, 5) is 8.86. The molecular formula is C16H20N2O2S2. The summed E-state index contributed by atoms with van der Waals surface area (Å²) >= 11 is 0. The number of aryl methyl sites for hydroxylation is 2. The second kappa shape index (κ2) is 9.84. The van der Waals surface area contributed by atoms with Gasteiger partial charge in [-0.25, -0.2) is 9.97 Å². The maximum atomic E-state index is 8.98. The molecule has 0 radical (unpaired) electrons.